The van der Waals surface area contributed by atoms with Gasteiger partial charge in [-0.25, -0.2) is 5.43 Å². The highest BCUT2D eigenvalue weighted by Crippen LogP contribution is 2.22. The van der Waals surface area contributed by atoms with Crippen LogP contribution in [0.5, 0.6) is 0 Å². The second kappa shape index (κ2) is 7.33. The van der Waals surface area contributed by atoms with Crippen molar-refractivity contribution in [2.45, 2.75) is 6.92 Å². The molecule has 0 unspecified atom stereocenters. The van der Waals surface area contributed by atoms with E-state index < -0.39 is 11.8 Å². The van der Waals surface area contributed by atoms with Gasteiger partial charge in [0.05, 0.1) is 6.21 Å². The minimum atomic E-state index is -0.871. The summed E-state index contributed by atoms with van der Waals surface area (Å²) in [6.07, 6.45) is 4.60. The summed E-state index contributed by atoms with van der Waals surface area (Å²) in [5.74, 6) is -1.69. The van der Waals surface area contributed by atoms with E-state index in [1.54, 1.807) is 49.6 Å². The second-order valence-corrected chi connectivity index (χ2v) is 4.75. The molecule has 1 aromatic carbocycles. The van der Waals surface area contributed by atoms with Crippen LogP contribution < -0.4 is 10.7 Å². The molecule has 0 aliphatic carbocycles. The average molecular weight is 317 g/mol. The van der Waals surface area contributed by atoms with Crippen LogP contribution in [0.25, 0.3) is 0 Å². The van der Waals surface area contributed by atoms with Crippen molar-refractivity contribution in [1.29, 1.82) is 0 Å². The van der Waals surface area contributed by atoms with Crippen molar-refractivity contribution >= 4 is 35.3 Å². The summed E-state index contributed by atoms with van der Waals surface area (Å²) in [5.41, 5.74) is 4.06. The zero-order valence-corrected chi connectivity index (χ0v) is 12.5. The maximum absolute atomic E-state index is 11.8. The van der Waals surface area contributed by atoms with Gasteiger partial charge in [-0.2, -0.15) is 5.10 Å². The van der Waals surface area contributed by atoms with Gasteiger partial charge in [-0.1, -0.05) is 17.7 Å². The number of benzene rings is 1. The molecule has 0 aliphatic rings. The average Bonchev–Trinajstić information content (AvgIpc) is 2.52. The summed E-state index contributed by atoms with van der Waals surface area (Å²) in [5, 5.41) is 6.69. The van der Waals surface area contributed by atoms with Gasteiger partial charge in [0.25, 0.3) is 0 Å². The predicted octanol–water partition coefficient (Wildman–Crippen LogP) is 2.13. The van der Waals surface area contributed by atoms with Gasteiger partial charge < -0.3 is 5.32 Å². The Balaban J connectivity index is 1.94. The van der Waals surface area contributed by atoms with E-state index in [-0.39, 0.29) is 0 Å². The van der Waals surface area contributed by atoms with Crippen molar-refractivity contribution in [1.82, 2.24) is 10.4 Å². The summed E-state index contributed by atoms with van der Waals surface area (Å²) in [6, 6.07) is 8.47. The molecule has 0 bridgehead atoms. The van der Waals surface area contributed by atoms with Gasteiger partial charge in [0.2, 0.25) is 0 Å². The molecule has 1 heterocycles. The van der Waals surface area contributed by atoms with E-state index in [4.69, 9.17) is 11.6 Å². The molecule has 2 aromatic rings. The molecule has 7 heteroatoms. The van der Waals surface area contributed by atoms with Crippen molar-refractivity contribution in [3.8, 4) is 0 Å². The van der Waals surface area contributed by atoms with E-state index in [1.807, 2.05) is 0 Å². The van der Waals surface area contributed by atoms with Crippen LogP contribution in [0.4, 0.5) is 5.69 Å². The fraction of sp³-hybridized carbons (Fsp3) is 0.0667. The molecular weight excluding hydrogens is 304 g/mol. The van der Waals surface area contributed by atoms with E-state index in [0.717, 1.165) is 5.56 Å². The van der Waals surface area contributed by atoms with Crippen molar-refractivity contribution in [2.24, 2.45) is 5.10 Å². The lowest BCUT2D eigenvalue weighted by molar-refractivity contribution is -0.136. The third-order valence-corrected chi connectivity index (χ3v) is 3.22. The molecule has 0 aliphatic heterocycles. The lowest BCUT2D eigenvalue weighted by Gasteiger charge is -2.08. The van der Waals surface area contributed by atoms with Crippen LogP contribution in [-0.4, -0.2) is 23.0 Å². The molecule has 0 radical (unpaired) electrons. The summed E-state index contributed by atoms with van der Waals surface area (Å²) in [4.78, 5) is 27.3. The van der Waals surface area contributed by atoms with Crippen molar-refractivity contribution in [3.63, 3.8) is 0 Å². The predicted molar refractivity (Wildman–Crippen MR) is 84.8 cm³/mol. The Hall–Kier alpha value is -2.73. The first-order valence-corrected chi connectivity index (χ1v) is 6.75. The molecule has 0 saturated carbocycles. The molecule has 2 N–H and O–H groups in total. The van der Waals surface area contributed by atoms with Crippen LogP contribution in [0.15, 0.2) is 47.8 Å². The van der Waals surface area contributed by atoms with Crippen LogP contribution >= 0.6 is 11.6 Å². The zero-order valence-electron chi connectivity index (χ0n) is 11.7. The molecular formula is C15H13ClN4O2. The van der Waals surface area contributed by atoms with E-state index in [1.165, 1.54) is 6.21 Å². The van der Waals surface area contributed by atoms with E-state index in [2.05, 4.69) is 20.8 Å². The van der Waals surface area contributed by atoms with Gasteiger partial charge in [-0.3, -0.25) is 14.6 Å². The van der Waals surface area contributed by atoms with Gasteiger partial charge in [0.1, 0.15) is 0 Å². The van der Waals surface area contributed by atoms with E-state index in [9.17, 15) is 9.59 Å². The molecule has 2 amide bonds. The summed E-state index contributed by atoms with van der Waals surface area (Å²) in [6.45, 7) is 1.75. The van der Waals surface area contributed by atoms with Gasteiger partial charge in [0, 0.05) is 23.1 Å². The number of aromatic nitrogens is 1. The van der Waals surface area contributed by atoms with Gasteiger partial charge in [-0.15, -0.1) is 0 Å². The third kappa shape index (κ3) is 4.13. The Morgan fingerprint density at radius 3 is 2.64 bits per heavy atom. The number of nitrogens with one attached hydrogen (secondary N) is 2. The quantitative estimate of drug-likeness (QED) is 0.517. The summed E-state index contributed by atoms with van der Waals surface area (Å²) in [7, 11) is 0. The Bertz CT molecular complexity index is 717. The second-order valence-electron chi connectivity index (χ2n) is 4.35. The van der Waals surface area contributed by atoms with Crippen LogP contribution in [0.2, 0.25) is 5.02 Å². The van der Waals surface area contributed by atoms with Crippen LogP contribution in [0.1, 0.15) is 11.1 Å². The number of rotatable bonds is 3. The lowest BCUT2D eigenvalue weighted by Crippen LogP contribution is -2.32. The molecule has 0 fully saturated rings. The molecule has 0 atom stereocenters. The summed E-state index contributed by atoms with van der Waals surface area (Å²) >= 11 is 5.95. The van der Waals surface area contributed by atoms with Gasteiger partial charge in [0.15, 0.2) is 0 Å². The molecule has 1 aromatic heterocycles. The Morgan fingerprint density at radius 1 is 1.18 bits per heavy atom. The van der Waals surface area contributed by atoms with Gasteiger partial charge in [-0.05, 0) is 42.3 Å². The molecule has 0 spiro atoms. The SMILES string of the molecule is Cc1c(Cl)cccc1NC(=O)C(=O)N/N=C/c1ccncc1. The Labute approximate surface area is 132 Å². The molecule has 112 valence electrons. The molecule has 6 nitrogen and oxygen atoms in total. The highest BCUT2D eigenvalue weighted by Gasteiger charge is 2.14. The Morgan fingerprint density at radius 2 is 1.91 bits per heavy atom. The normalized spacial score (nSPS) is 10.5. The number of pyridine rings is 1. The monoisotopic (exact) mass is 316 g/mol. The highest BCUT2D eigenvalue weighted by molar-refractivity contribution is 6.40. The number of hydrogen-bond acceptors (Lipinski definition) is 4. The van der Waals surface area contributed by atoms with Crippen molar-refractivity contribution < 1.29 is 9.59 Å². The first-order chi connectivity index (χ1) is 10.6. The maximum Gasteiger partial charge on any atom is 0.329 e. The molecule has 22 heavy (non-hydrogen) atoms. The van der Waals surface area contributed by atoms with Gasteiger partial charge >= 0.3 is 11.8 Å². The lowest BCUT2D eigenvalue weighted by atomic mass is 10.2. The number of carbonyl (C=O) groups is 2. The molecule has 2 rings (SSSR count). The zero-order chi connectivity index (χ0) is 15.9. The minimum absolute atomic E-state index is 0.478. The highest BCUT2D eigenvalue weighted by atomic mass is 35.5. The standard InChI is InChI=1S/C15H13ClN4O2/c1-10-12(16)3-2-4-13(10)19-14(21)15(22)20-18-9-11-5-7-17-8-6-11/h2-9H,1H3,(H,19,21)(H,20,22)/b18-9+. The number of hydrogen-bond donors (Lipinski definition) is 2. The maximum atomic E-state index is 11.8. The fourth-order valence-electron chi connectivity index (χ4n) is 1.59. The van der Waals surface area contributed by atoms with Crippen molar-refractivity contribution in [3.05, 3.63) is 58.9 Å². The third-order valence-electron chi connectivity index (χ3n) is 2.81. The number of amides is 2. The fourth-order valence-corrected chi connectivity index (χ4v) is 1.76. The van der Waals surface area contributed by atoms with Crippen LogP contribution in [0.3, 0.4) is 0 Å². The smallest absolute Gasteiger partial charge is 0.317 e. The number of nitrogens with zero attached hydrogens (tertiary/aromatic N) is 2. The molecule has 0 saturated heterocycles. The van der Waals surface area contributed by atoms with E-state index in [0.29, 0.717) is 16.3 Å². The first kappa shape index (κ1) is 15.7. The Kier molecular flexibility index (Phi) is 5.21. The van der Waals surface area contributed by atoms with Crippen LogP contribution in [-0.2, 0) is 9.59 Å². The summed E-state index contributed by atoms with van der Waals surface area (Å²) < 4.78 is 0. The number of hydrazone groups is 1. The topological polar surface area (TPSA) is 83.5 Å². The largest absolute Gasteiger partial charge is 0.329 e. The number of carbonyl (C=O) groups excluding carboxylic acids is 2. The number of anilines is 1. The van der Waals surface area contributed by atoms with E-state index >= 15 is 0 Å². The minimum Gasteiger partial charge on any atom is -0.317 e. The van der Waals surface area contributed by atoms with Crippen LogP contribution in [0, 0.1) is 6.92 Å². The first-order valence-electron chi connectivity index (χ1n) is 6.37. The van der Waals surface area contributed by atoms with Crippen molar-refractivity contribution in [2.75, 3.05) is 5.32 Å². The number of halogens is 1.